The van der Waals surface area contributed by atoms with Gasteiger partial charge in [-0.1, -0.05) is 43.3 Å². The van der Waals surface area contributed by atoms with Crippen LogP contribution in [0.4, 0.5) is 4.79 Å². The maximum atomic E-state index is 12.5. The zero-order valence-corrected chi connectivity index (χ0v) is 12.9. The van der Waals surface area contributed by atoms with Gasteiger partial charge >= 0.3 is 6.03 Å². The molecule has 4 heteroatoms. The molecule has 2 heterocycles. The number of amides is 2. The minimum atomic E-state index is -0.0963. The number of urea groups is 1. The molecule has 0 bridgehead atoms. The maximum Gasteiger partial charge on any atom is 0.318 e. The Bertz CT molecular complexity index is 629. The second-order valence-corrected chi connectivity index (χ2v) is 5.91. The fourth-order valence-corrected chi connectivity index (χ4v) is 3.03. The lowest BCUT2D eigenvalue weighted by molar-refractivity contribution is 0.0578. The van der Waals surface area contributed by atoms with Crippen LogP contribution in [0.3, 0.4) is 0 Å². The molecule has 1 aliphatic rings. The van der Waals surface area contributed by atoms with Crippen molar-refractivity contribution in [1.82, 2.24) is 15.2 Å². The van der Waals surface area contributed by atoms with Crippen molar-refractivity contribution in [3.05, 3.63) is 66.0 Å². The summed E-state index contributed by atoms with van der Waals surface area (Å²) in [5.41, 5.74) is 2.07. The van der Waals surface area contributed by atoms with E-state index in [0.717, 1.165) is 12.2 Å². The molecule has 1 aliphatic heterocycles. The van der Waals surface area contributed by atoms with E-state index in [1.807, 2.05) is 48.2 Å². The van der Waals surface area contributed by atoms with Crippen LogP contribution < -0.4 is 5.32 Å². The summed E-state index contributed by atoms with van der Waals surface area (Å²) in [6.07, 6.45) is 1.75. The van der Waals surface area contributed by atoms with Gasteiger partial charge in [0.25, 0.3) is 0 Å². The number of carbonyl (C=O) groups is 1. The van der Waals surface area contributed by atoms with Crippen molar-refractivity contribution in [1.29, 1.82) is 0 Å². The predicted octanol–water partition coefficient (Wildman–Crippen LogP) is 3.55. The fraction of sp³-hybridized carbons (Fsp3) is 0.333. The number of hydrogen-bond donors (Lipinski definition) is 1. The summed E-state index contributed by atoms with van der Waals surface area (Å²) < 4.78 is 0. The average molecular weight is 295 g/mol. The summed E-state index contributed by atoms with van der Waals surface area (Å²) in [7, 11) is 0. The van der Waals surface area contributed by atoms with Crippen LogP contribution in [0.1, 0.15) is 37.2 Å². The molecular formula is C18H21N3O. The van der Waals surface area contributed by atoms with E-state index in [4.69, 9.17) is 0 Å². The Morgan fingerprint density at radius 3 is 2.59 bits per heavy atom. The van der Waals surface area contributed by atoms with Gasteiger partial charge in [0.15, 0.2) is 0 Å². The van der Waals surface area contributed by atoms with Gasteiger partial charge in [-0.2, -0.15) is 0 Å². The molecule has 2 aromatic rings. The van der Waals surface area contributed by atoms with Crippen molar-refractivity contribution >= 4 is 6.03 Å². The molecule has 0 radical (unpaired) electrons. The molecule has 0 saturated carbocycles. The first-order chi connectivity index (χ1) is 10.7. The summed E-state index contributed by atoms with van der Waals surface area (Å²) >= 11 is 0. The number of rotatable bonds is 3. The summed E-state index contributed by atoms with van der Waals surface area (Å²) in [6.45, 7) is 4.94. The summed E-state index contributed by atoms with van der Waals surface area (Å²) in [5, 5.41) is 3.04. The van der Waals surface area contributed by atoms with E-state index in [9.17, 15) is 4.79 Å². The molecule has 1 N–H and O–H groups in total. The number of hydrogen-bond acceptors (Lipinski definition) is 2. The quantitative estimate of drug-likeness (QED) is 0.941. The van der Waals surface area contributed by atoms with Crippen LogP contribution in [0.5, 0.6) is 0 Å². The van der Waals surface area contributed by atoms with Crippen LogP contribution in [-0.4, -0.2) is 22.5 Å². The van der Waals surface area contributed by atoms with Crippen molar-refractivity contribution in [3.8, 4) is 0 Å². The summed E-state index contributed by atoms with van der Waals surface area (Å²) in [5.74, 6) is 0.485. The second-order valence-electron chi connectivity index (χ2n) is 5.91. The van der Waals surface area contributed by atoms with Crippen LogP contribution >= 0.6 is 0 Å². The first kappa shape index (κ1) is 14.6. The number of nitrogens with one attached hydrogen (secondary N) is 1. The molecule has 3 atom stereocenters. The smallest absolute Gasteiger partial charge is 0.318 e. The van der Waals surface area contributed by atoms with Gasteiger partial charge in [0.05, 0.1) is 17.8 Å². The number of nitrogens with zero attached hydrogens (tertiary/aromatic N) is 2. The van der Waals surface area contributed by atoms with E-state index in [1.54, 1.807) is 6.20 Å². The molecule has 1 aromatic heterocycles. The molecular weight excluding hydrogens is 274 g/mol. The number of carbonyl (C=O) groups excluding carboxylic acids is 1. The van der Waals surface area contributed by atoms with E-state index < -0.39 is 0 Å². The van der Waals surface area contributed by atoms with Crippen molar-refractivity contribution < 1.29 is 4.79 Å². The minimum Gasteiger partial charge on any atom is -0.330 e. The average Bonchev–Trinajstić information content (AvgIpc) is 2.54. The highest BCUT2D eigenvalue weighted by Gasteiger charge is 2.40. The standard InChI is InChI=1S/C18H21N3O/c1-13-12-21(17(13)15-8-4-3-5-9-15)18(22)20-14(2)16-10-6-7-11-19-16/h3-11,13-14,17H,12H2,1-2H3,(H,20,22)/t13-,14-,17+/m0/s1. The Hall–Kier alpha value is -2.36. The van der Waals surface area contributed by atoms with Gasteiger partial charge in [-0.3, -0.25) is 4.98 Å². The van der Waals surface area contributed by atoms with E-state index in [2.05, 4.69) is 29.4 Å². The summed E-state index contributed by atoms with van der Waals surface area (Å²) in [6, 6.07) is 16.0. The third kappa shape index (κ3) is 2.82. The molecule has 114 valence electrons. The topological polar surface area (TPSA) is 45.2 Å². The Labute approximate surface area is 131 Å². The van der Waals surface area contributed by atoms with Crippen LogP contribution in [0.15, 0.2) is 54.7 Å². The van der Waals surface area contributed by atoms with Gasteiger partial charge < -0.3 is 10.2 Å². The van der Waals surface area contributed by atoms with Gasteiger partial charge in [0.1, 0.15) is 0 Å². The fourth-order valence-electron chi connectivity index (χ4n) is 3.03. The Morgan fingerprint density at radius 1 is 1.23 bits per heavy atom. The van der Waals surface area contributed by atoms with Crippen LogP contribution in [0.2, 0.25) is 0 Å². The molecule has 0 spiro atoms. The molecule has 3 rings (SSSR count). The van der Waals surface area contributed by atoms with Crippen molar-refractivity contribution in [2.24, 2.45) is 5.92 Å². The number of pyridine rings is 1. The predicted molar refractivity (Wildman–Crippen MR) is 86.2 cm³/mol. The molecule has 1 fully saturated rings. The highest BCUT2D eigenvalue weighted by Crippen LogP contribution is 2.38. The number of aromatic nitrogens is 1. The van der Waals surface area contributed by atoms with Gasteiger partial charge in [0, 0.05) is 12.7 Å². The van der Waals surface area contributed by atoms with Crippen LogP contribution in [0.25, 0.3) is 0 Å². The summed E-state index contributed by atoms with van der Waals surface area (Å²) in [4.78, 5) is 18.7. The van der Waals surface area contributed by atoms with Gasteiger partial charge in [0.2, 0.25) is 0 Å². The Balaban J connectivity index is 1.68. The second kappa shape index (κ2) is 6.18. The van der Waals surface area contributed by atoms with Crippen molar-refractivity contribution in [3.63, 3.8) is 0 Å². The van der Waals surface area contributed by atoms with Gasteiger partial charge in [-0.25, -0.2) is 4.79 Å². The Morgan fingerprint density at radius 2 is 1.95 bits per heavy atom. The largest absolute Gasteiger partial charge is 0.330 e. The van der Waals surface area contributed by atoms with Crippen LogP contribution in [0, 0.1) is 5.92 Å². The van der Waals surface area contributed by atoms with E-state index >= 15 is 0 Å². The highest BCUT2D eigenvalue weighted by molar-refractivity contribution is 5.76. The molecule has 4 nitrogen and oxygen atoms in total. The molecule has 2 amide bonds. The molecule has 1 aromatic carbocycles. The van der Waals surface area contributed by atoms with E-state index in [1.165, 1.54) is 5.56 Å². The molecule has 22 heavy (non-hydrogen) atoms. The third-order valence-corrected chi connectivity index (χ3v) is 4.23. The zero-order valence-electron chi connectivity index (χ0n) is 12.9. The zero-order chi connectivity index (χ0) is 15.5. The van der Waals surface area contributed by atoms with E-state index in [0.29, 0.717) is 5.92 Å². The lowest BCUT2D eigenvalue weighted by Gasteiger charge is -2.47. The normalized spacial score (nSPS) is 21.8. The van der Waals surface area contributed by atoms with Gasteiger partial charge in [-0.15, -0.1) is 0 Å². The molecule has 1 saturated heterocycles. The van der Waals surface area contributed by atoms with Crippen molar-refractivity contribution in [2.75, 3.05) is 6.54 Å². The van der Waals surface area contributed by atoms with Gasteiger partial charge in [-0.05, 0) is 30.5 Å². The first-order valence-electron chi connectivity index (χ1n) is 7.70. The number of likely N-dealkylation sites (tertiary alicyclic amines) is 1. The Kier molecular flexibility index (Phi) is 4.09. The monoisotopic (exact) mass is 295 g/mol. The lowest BCUT2D eigenvalue weighted by Crippen LogP contribution is -2.55. The lowest BCUT2D eigenvalue weighted by atomic mass is 9.85. The first-order valence-corrected chi connectivity index (χ1v) is 7.70. The maximum absolute atomic E-state index is 12.5. The minimum absolute atomic E-state index is 0.0230. The van der Waals surface area contributed by atoms with E-state index in [-0.39, 0.29) is 18.1 Å². The third-order valence-electron chi connectivity index (χ3n) is 4.23. The molecule has 0 aliphatic carbocycles. The van der Waals surface area contributed by atoms with Crippen molar-refractivity contribution in [2.45, 2.75) is 25.9 Å². The highest BCUT2D eigenvalue weighted by atomic mass is 16.2. The van der Waals surface area contributed by atoms with Crippen LogP contribution in [-0.2, 0) is 0 Å². The molecule has 0 unspecified atom stereocenters. The SMILES string of the molecule is C[C@H](NC(=O)N1C[C@H](C)[C@@H]1c1ccccc1)c1ccccn1. The number of benzene rings is 1.